The Morgan fingerprint density at radius 2 is 2.16 bits per heavy atom. The number of para-hydroxylation sites is 1. The second kappa shape index (κ2) is 5.48. The van der Waals surface area contributed by atoms with Crippen LogP contribution in [0, 0.1) is 18.8 Å². The molecule has 1 fully saturated rings. The predicted octanol–water partition coefficient (Wildman–Crippen LogP) is 2.00. The van der Waals surface area contributed by atoms with Crippen LogP contribution in [0.3, 0.4) is 0 Å². The van der Waals surface area contributed by atoms with E-state index >= 15 is 0 Å². The summed E-state index contributed by atoms with van der Waals surface area (Å²) >= 11 is 0. The largest absolute Gasteiger partial charge is 0.447 e. The summed E-state index contributed by atoms with van der Waals surface area (Å²) in [7, 11) is 0. The lowest BCUT2D eigenvalue weighted by molar-refractivity contribution is 0.268. The standard InChI is InChI=1S/C16H18N2O/c1-13-4-2-5-14-12-15(19-16(13)14)6-3-9-18-10-7-17-8-11-18/h2,4-5,12,17H,7-11H2,1H3. The van der Waals surface area contributed by atoms with E-state index in [1.807, 2.05) is 12.1 Å². The topological polar surface area (TPSA) is 28.4 Å². The van der Waals surface area contributed by atoms with Gasteiger partial charge in [-0.1, -0.05) is 24.1 Å². The summed E-state index contributed by atoms with van der Waals surface area (Å²) in [5.41, 5.74) is 2.11. The molecule has 19 heavy (non-hydrogen) atoms. The molecule has 0 amide bonds. The number of aryl methyl sites for hydroxylation is 1. The Bertz CT molecular complexity index is 627. The Balaban J connectivity index is 1.73. The van der Waals surface area contributed by atoms with E-state index in [0.29, 0.717) is 0 Å². The molecule has 2 heterocycles. The van der Waals surface area contributed by atoms with E-state index in [4.69, 9.17) is 4.42 Å². The number of hydrogen-bond donors (Lipinski definition) is 1. The summed E-state index contributed by atoms with van der Waals surface area (Å²) in [5, 5.41) is 4.47. The van der Waals surface area contributed by atoms with Gasteiger partial charge in [0, 0.05) is 37.6 Å². The van der Waals surface area contributed by atoms with Crippen molar-refractivity contribution in [3.63, 3.8) is 0 Å². The Kier molecular flexibility index (Phi) is 3.54. The first-order chi connectivity index (χ1) is 9.33. The maximum atomic E-state index is 5.78. The van der Waals surface area contributed by atoms with Crippen molar-refractivity contribution in [1.29, 1.82) is 0 Å². The molecule has 2 aromatic rings. The van der Waals surface area contributed by atoms with Crippen LogP contribution in [0.4, 0.5) is 0 Å². The molecular weight excluding hydrogens is 236 g/mol. The van der Waals surface area contributed by atoms with Crippen LogP contribution >= 0.6 is 0 Å². The number of hydrogen-bond acceptors (Lipinski definition) is 3. The second-order valence-electron chi connectivity index (χ2n) is 4.93. The molecule has 0 bridgehead atoms. The number of benzene rings is 1. The predicted molar refractivity (Wildman–Crippen MR) is 77.1 cm³/mol. The molecule has 0 atom stereocenters. The highest BCUT2D eigenvalue weighted by molar-refractivity contribution is 5.81. The lowest BCUT2D eigenvalue weighted by Crippen LogP contribution is -2.43. The van der Waals surface area contributed by atoms with Gasteiger partial charge in [-0.05, 0) is 18.4 Å². The molecule has 0 unspecified atom stereocenters. The summed E-state index contributed by atoms with van der Waals surface area (Å²) < 4.78 is 5.78. The van der Waals surface area contributed by atoms with Gasteiger partial charge < -0.3 is 9.73 Å². The van der Waals surface area contributed by atoms with Crippen molar-refractivity contribution in [2.45, 2.75) is 6.92 Å². The molecule has 0 saturated carbocycles. The van der Waals surface area contributed by atoms with E-state index in [-0.39, 0.29) is 0 Å². The fraction of sp³-hybridized carbons (Fsp3) is 0.375. The average Bonchev–Trinajstić information content (AvgIpc) is 2.84. The van der Waals surface area contributed by atoms with Crippen molar-refractivity contribution < 1.29 is 4.42 Å². The minimum atomic E-state index is 0.763. The van der Waals surface area contributed by atoms with Gasteiger partial charge in [0.15, 0.2) is 5.76 Å². The first kappa shape index (κ1) is 12.3. The third-order valence-corrected chi connectivity index (χ3v) is 3.46. The van der Waals surface area contributed by atoms with Crippen molar-refractivity contribution in [2.75, 3.05) is 32.7 Å². The summed E-state index contributed by atoms with van der Waals surface area (Å²) in [6.45, 7) is 7.15. The highest BCUT2D eigenvalue weighted by Crippen LogP contribution is 2.21. The SMILES string of the molecule is Cc1cccc2cc(C#CCN3CCNCC3)oc12. The lowest BCUT2D eigenvalue weighted by Gasteiger charge is -2.24. The minimum Gasteiger partial charge on any atom is -0.447 e. The molecule has 98 valence electrons. The molecule has 3 heteroatoms. The second-order valence-corrected chi connectivity index (χ2v) is 4.93. The van der Waals surface area contributed by atoms with E-state index < -0.39 is 0 Å². The van der Waals surface area contributed by atoms with Crippen LogP contribution in [0.1, 0.15) is 11.3 Å². The van der Waals surface area contributed by atoms with Crippen LogP contribution in [0.5, 0.6) is 0 Å². The fourth-order valence-corrected chi connectivity index (χ4v) is 2.38. The lowest BCUT2D eigenvalue weighted by atomic mass is 10.2. The summed E-state index contributed by atoms with van der Waals surface area (Å²) in [6, 6.07) is 8.19. The quantitative estimate of drug-likeness (QED) is 0.789. The normalized spacial score (nSPS) is 16.3. The molecular formula is C16H18N2O. The molecule has 1 aliphatic rings. The molecule has 1 aliphatic heterocycles. The Labute approximate surface area is 113 Å². The summed E-state index contributed by atoms with van der Waals surface area (Å²) in [6.07, 6.45) is 0. The Morgan fingerprint density at radius 3 is 2.95 bits per heavy atom. The number of furan rings is 1. The van der Waals surface area contributed by atoms with Crippen LogP contribution in [0.25, 0.3) is 11.0 Å². The minimum absolute atomic E-state index is 0.763. The Morgan fingerprint density at radius 1 is 1.32 bits per heavy atom. The fourth-order valence-electron chi connectivity index (χ4n) is 2.38. The monoisotopic (exact) mass is 254 g/mol. The van der Waals surface area contributed by atoms with Crippen molar-refractivity contribution in [2.24, 2.45) is 0 Å². The number of piperazine rings is 1. The van der Waals surface area contributed by atoms with E-state index in [1.54, 1.807) is 0 Å². The van der Waals surface area contributed by atoms with Gasteiger partial charge in [-0.15, -0.1) is 0 Å². The molecule has 1 aromatic heterocycles. The van der Waals surface area contributed by atoms with Crippen LogP contribution in [-0.2, 0) is 0 Å². The third kappa shape index (κ3) is 2.81. The molecule has 0 radical (unpaired) electrons. The van der Waals surface area contributed by atoms with E-state index in [0.717, 1.165) is 55.0 Å². The molecule has 1 saturated heterocycles. The van der Waals surface area contributed by atoms with E-state index in [2.05, 4.69) is 41.1 Å². The van der Waals surface area contributed by atoms with Crippen LogP contribution in [0.2, 0.25) is 0 Å². The van der Waals surface area contributed by atoms with Crippen molar-refractivity contribution in [3.05, 3.63) is 35.6 Å². The van der Waals surface area contributed by atoms with Gasteiger partial charge in [0.2, 0.25) is 0 Å². The summed E-state index contributed by atoms with van der Waals surface area (Å²) in [4.78, 5) is 2.36. The maximum absolute atomic E-state index is 5.78. The first-order valence-electron chi connectivity index (χ1n) is 6.74. The molecule has 3 rings (SSSR count). The zero-order chi connectivity index (χ0) is 13.1. The van der Waals surface area contributed by atoms with Crippen LogP contribution < -0.4 is 5.32 Å². The summed E-state index contributed by atoms with van der Waals surface area (Å²) in [5.74, 6) is 7.10. The smallest absolute Gasteiger partial charge is 0.178 e. The van der Waals surface area contributed by atoms with Crippen LogP contribution in [-0.4, -0.2) is 37.6 Å². The van der Waals surface area contributed by atoms with Crippen molar-refractivity contribution >= 4 is 11.0 Å². The van der Waals surface area contributed by atoms with Crippen LogP contribution in [0.15, 0.2) is 28.7 Å². The number of fused-ring (bicyclic) bond motifs is 1. The molecule has 0 aliphatic carbocycles. The highest BCUT2D eigenvalue weighted by atomic mass is 16.3. The van der Waals surface area contributed by atoms with Gasteiger partial charge in [0.05, 0.1) is 6.54 Å². The van der Waals surface area contributed by atoms with E-state index in [1.165, 1.54) is 0 Å². The van der Waals surface area contributed by atoms with Gasteiger partial charge >= 0.3 is 0 Å². The first-order valence-corrected chi connectivity index (χ1v) is 6.74. The van der Waals surface area contributed by atoms with Gasteiger partial charge in [-0.3, -0.25) is 4.90 Å². The number of nitrogens with one attached hydrogen (secondary N) is 1. The molecule has 1 aromatic carbocycles. The van der Waals surface area contributed by atoms with Crippen molar-refractivity contribution in [3.8, 4) is 11.8 Å². The molecule has 1 N–H and O–H groups in total. The zero-order valence-corrected chi connectivity index (χ0v) is 11.2. The maximum Gasteiger partial charge on any atom is 0.178 e. The van der Waals surface area contributed by atoms with Gasteiger partial charge in [0.1, 0.15) is 5.58 Å². The third-order valence-electron chi connectivity index (χ3n) is 3.46. The van der Waals surface area contributed by atoms with E-state index in [9.17, 15) is 0 Å². The van der Waals surface area contributed by atoms with Crippen molar-refractivity contribution in [1.82, 2.24) is 10.2 Å². The van der Waals surface area contributed by atoms with Gasteiger partial charge in [0.25, 0.3) is 0 Å². The van der Waals surface area contributed by atoms with Gasteiger partial charge in [-0.25, -0.2) is 0 Å². The van der Waals surface area contributed by atoms with Gasteiger partial charge in [-0.2, -0.15) is 0 Å². The zero-order valence-electron chi connectivity index (χ0n) is 11.2. The molecule has 0 spiro atoms. The number of nitrogens with zero attached hydrogens (tertiary/aromatic N) is 1. The average molecular weight is 254 g/mol. The highest BCUT2D eigenvalue weighted by Gasteiger charge is 2.07. The molecule has 3 nitrogen and oxygen atoms in total. The number of rotatable bonds is 1. The Hall–Kier alpha value is -1.76.